The molecule has 1 aliphatic rings. The summed E-state index contributed by atoms with van der Waals surface area (Å²) in [5.41, 5.74) is 0. The molecule has 0 unspecified atom stereocenters. The molecule has 1 atom stereocenters. The number of piperidine rings is 1. The zero-order chi connectivity index (χ0) is 18.1. The molecule has 1 aromatic rings. The fraction of sp³-hybridized carbons (Fsp3) is 0.750. The Bertz CT molecular complexity index is 567. The van der Waals surface area contributed by atoms with E-state index in [9.17, 15) is 9.59 Å². The van der Waals surface area contributed by atoms with Crippen molar-refractivity contribution in [2.45, 2.75) is 60.7 Å². The van der Waals surface area contributed by atoms with Crippen molar-refractivity contribution in [2.24, 2.45) is 0 Å². The van der Waals surface area contributed by atoms with Crippen LogP contribution >= 0.6 is 34.9 Å². The first-order valence-electron chi connectivity index (χ1n) is 8.79. The van der Waals surface area contributed by atoms with Crippen molar-refractivity contribution in [2.75, 3.05) is 24.6 Å². The normalized spacial score (nSPS) is 17.5. The van der Waals surface area contributed by atoms with Crippen molar-refractivity contribution in [1.82, 2.24) is 20.4 Å². The Labute approximate surface area is 161 Å². The minimum Gasteiger partial charge on any atom is -0.355 e. The highest BCUT2D eigenvalue weighted by molar-refractivity contribution is 8.03. The quantitative estimate of drug-likeness (QED) is 0.640. The summed E-state index contributed by atoms with van der Waals surface area (Å²) in [6.07, 6.45) is 5.40. The van der Waals surface area contributed by atoms with Gasteiger partial charge in [-0.25, -0.2) is 0 Å². The molecule has 1 N–H and O–H groups in total. The van der Waals surface area contributed by atoms with Crippen LogP contribution in [0.15, 0.2) is 8.68 Å². The van der Waals surface area contributed by atoms with Crippen LogP contribution in [0.25, 0.3) is 0 Å². The van der Waals surface area contributed by atoms with Crippen molar-refractivity contribution in [3.8, 4) is 0 Å². The SMILES string of the molecule is CCCNC(=O)CSc1nnc(SCC(=O)N2CCCC[C@@H]2CC)s1. The summed E-state index contributed by atoms with van der Waals surface area (Å²) >= 11 is 4.28. The van der Waals surface area contributed by atoms with Crippen molar-refractivity contribution in [3.05, 3.63) is 0 Å². The summed E-state index contributed by atoms with van der Waals surface area (Å²) in [5.74, 6) is 0.971. The average Bonchev–Trinajstić information content (AvgIpc) is 3.10. The maximum atomic E-state index is 12.5. The monoisotopic (exact) mass is 402 g/mol. The predicted octanol–water partition coefficient (Wildman–Crippen LogP) is 3.04. The van der Waals surface area contributed by atoms with Gasteiger partial charge in [-0.05, 0) is 32.1 Å². The zero-order valence-corrected chi connectivity index (χ0v) is 17.3. The number of likely N-dealkylation sites (tertiary alicyclic amines) is 1. The first kappa shape index (κ1) is 20.5. The molecule has 1 fully saturated rings. The highest BCUT2D eigenvalue weighted by atomic mass is 32.2. The maximum absolute atomic E-state index is 12.5. The second-order valence-corrected chi connectivity index (χ2v) is 9.33. The van der Waals surface area contributed by atoms with E-state index in [1.807, 2.05) is 11.8 Å². The van der Waals surface area contributed by atoms with Gasteiger partial charge in [0.25, 0.3) is 0 Å². The Morgan fingerprint density at radius 1 is 1.20 bits per heavy atom. The van der Waals surface area contributed by atoms with Crippen LogP contribution in [-0.2, 0) is 9.59 Å². The number of aromatic nitrogens is 2. The summed E-state index contributed by atoms with van der Waals surface area (Å²) in [7, 11) is 0. The average molecular weight is 403 g/mol. The molecule has 0 bridgehead atoms. The number of carbonyl (C=O) groups excluding carboxylic acids is 2. The van der Waals surface area contributed by atoms with Crippen LogP contribution < -0.4 is 5.32 Å². The van der Waals surface area contributed by atoms with Gasteiger partial charge >= 0.3 is 0 Å². The third-order valence-corrected chi connectivity index (χ3v) is 7.20. The molecule has 6 nitrogen and oxygen atoms in total. The van der Waals surface area contributed by atoms with Crippen LogP contribution in [0.3, 0.4) is 0 Å². The minimum atomic E-state index is 0.0159. The number of thioether (sulfide) groups is 2. The van der Waals surface area contributed by atoms with Gasteiger partial charge in [0.2, 0.25) is 11.8 Å². The lowest BCUT2D eigenvalue weighted by molar-refractivity contribution is -0.132. The lowest BCUT2D eigenvalue weighted by Gasteiger charge is -2.35. The molecule has 0 aromatic carbocycles. The van der Waals surface area contributed by atoms with E-state index in [0.29, 0.717) is 24.1 Å². The van der Waals surface area contributed by atoms with Crippen LogP contribution in [0.5, 0.6) is 0 Å². The number of rotatable bonds is 9. The number of nitrogens with one attached hydrogen (secondary N) is 1. The highest BCUT2D eigenvalue weighted by Crippen LogP contribution is 2.29. The topological polar surface area (TPSA) is 75.2 Å². The molecule has 25 heavy (non-hydrogen) atoms. The van der Waals surface area contributed by atoms with E-state index in [1.54, 1.807) is 0 Å². The fourth-order valence-electron chi connectivity index (χ4n) is 2.72. The van der Waals surface area contributed by atoms with E-state index in [2.05, 4.69) is 22.4 Å². The van der Waals surface area contributed by atoms with Gasteiger partial charge in [-0.15, -0.1) is 10.2 Å². The van der Waals surface area contributed by atoms with Gasteiger partial charge in [0.15, 0.2) is 8.68 Å². The van der Waals surface area contributed by atoms with E-state index in [-0.39, 0.29) is 11.8 Å². The van der Waals surface area contributed by atoms with Gasteiger partial charge in [0, 0.05) is 19.1 Å². The summed E-state index contributed by atoms with van der Waals surface area (Å²) < 4.78 is 1.56. The van der Waals surface area contributed by atoms with Gasteiger partial charge in [-0.3, -0.25) is 9.59 Å². The van der Waals surface area contributed by atoms with Crippen LogP contribution in [0.1, 0.15) is 46.0 Å². The van der Waals surface area contributed by atoms with E-state index < -0.39 is 0 Å². The number of hydrogen-bond donors (Lipinski definition) is 1. The number of amides is 2. The molecule has 1 aliphatic heterocycles. The molecule has 1 saturated heterocycles. The molecule has 0 saturated carbocycles. The van der Waals surface area contributed by atoms with Crippen molar-refractivity contribution < 1.29 is 9.59 Å². The Morgan fingerprint density at radius 3 is 2.60 bits per heavy atom. The van der Waals surface area contributed by atoms with E-state index >= 15 is 0 Å². The van der Waals surface area contributed by atoms with Gasteiger partial charge in [-0.1, -0.05) is 48.7 Å². The summed E-state index contributed by atoms with van der Waals surface area (Å²) in [6, 6.07) is 0.393. The lowest BCUT2D eigenvalue weighted by Crippen LogP contribution is -2.44. The van der Waals surface area contributed by atoms with Gasteiger partial charge in [-0.2, -0.15) is 0 Å². The Hall–Kier alpha value is -0.800. The smallest absolute Gasteiger partial charge is 0.233 e. The number of carbonyl (C=O) groups is 2. The molecular formula is C16H26N4O2S3. The molecule has 2 heterocycles. The Kier molecular flexibility index (Phi) is 9.05. The first-order chi connectivity index (χ1) is 12.1. The summed E-state index contributed by atoms with van der Waals surface area (Å²) in [5, 5.41) is 11.1. The molecular weight excluding hydrogens is 376 g/mol. The van der Waals surface area contributed by atoms with Gasteiger partial charge < -0.3 is 10.2 Å². The van der Waals surface area contributed by atoms with Crippen LogP contribution in [0, 0.1) is 0 Å². The standard InChI is InChI=1S/C16H26N4O2S3/c1-3-8-17-13(21)10-23-15-18-19-16(25-15)24-11-14(22)20-9-6-5-7-12(20)4-2/h12H,3-11H2,1-2H3,(H,17,21)/t12-/m0/s1. The third kappa shape index (κ3) is 6.79. The molecule has 0 spiro atoms. The second kappa shape index (κ2) is 11.0. The molecule has 2 amide bonds. The van der Waals surface area contributed by atoms with Gasteiger partial charge in [0.05, 0.1) is 11.5 Å². The zero-order valence-electron chi connectivity index (χ0n) is 14.8. The van der Waals surface area contributed by atoms with E-state index in [1.165, 1.54) is 41.3 Å². The molecule has 0 radical (unpaired) electrons. The van der Waals surface area contributed by atoms with E-state index in [0.717, 1.165) is 40.9 Å². The summed E-state index contributed by atoms with van der Waals surface area (Å²) in [4.78, 5) is 26.1. The first-order valence-corrected chi connectivity index (χ1v) is 11.6. The Balaban J connectivity index is 1.75. The lowest BCUT2D eigenvalue weighted by atomic mass is 10.0. The van der Waals surface area contributed by atoms with Crippen LogP contribution in [0.4, 0.5) is 0 Å². The second-order valence-electron chi connectivity index (χ2n) is 5.91. The maximum Gasteiger partial charge on any atom is 0.233 e. The molecule has 9 heteroatoms. The Morgan fingerprint density at radius 2 is 1.92 bits per heavy atom. The van der Waals surface area contributed by atoms with Crippen molar-refractivity contribution in [3.63, 3.8) is 0 Å². The van der Waals surface area contributed by atoms with Crippen LogP contribution in [0.2, 0.25) is 0 Å². The third-order valence-electron chi connectivity index (χ3n) is 4.02. The summed E-state index contributed by atoms with van der Waals surface area (Å²) in [6.45, 7) is 5.75. The molecule has 0 aliphatic carbocycles. The molecule has 2 rings (SSSR count). The van der Waals surface area contributed by atoms with Crippen molar-refractivity contribution in [1.29, 1.82) is 0 Å². The highest BCUT2D eigenvalue weighted by Gasteiger charge is 2.25. The number of nitrogens with zero attached hydrogens (tertiary/aromatic N) is 3. The molecule has 140 valence electrons. The largest absolute Gasteiger partial charge is 0.355 e. The fourth-order valence-corrected chi connectivity index (χ4v) is 5.45. The van der Waals surface area contributed by atoms with Crippen molar-refractivity contribution >= 4 is 46.7 Å². The van der Waals surface area contributed by atoms with Gasteiger partial charge in [0.1, 0.15) is 0 Å². The number of hydrogen-bond acceptors (Lipinski definition) is 7. The van der Waals surface area contributed by atoms with Crippen LogP contribution in [-0.4, -0.2) is 57.5 Å². The van der Waals surface area contributed by atoms with E-state index in [4.69, 9.17) is 0 Å². The molecule has 1 aromatic heterocycles. The minimum absolute atomic E-state index is 0.0159. The predicted molar refractivity (Wildman–Crippen MR) is 104 cm³/mol.